The highest BCUT2D eigenvalue weighted by Crippen LogP contribution is 2.35. The highest BCUT2D eigenvalue weighted by Gasteiger charge is 2.38. The average molecular weight is 431 g/mol. The summed E-state index contributed by atoms with van der Waals surface area (Å²) in [6.07, 6.45) is 10.9. The highest BCUT2D eigenvalue weighted by atomic mass is 35.5. The molecule has 30 heavy (non-hydrogen) atoms. The average Bonchev–Trinajstić information content (AvgIpc) is 3.27. The van der Waals surface area contributed by atoms with Crippen LogP contribution in [0.5, 0.6) is 0 Å². The van der Waals surface area contributed by atoms with E-state index in [9.17, 15) is 4.79 Å². The van der Waals surface area contributed by atoms with E-state index in [4.69, 9.17) is 16.1 Å². The van der Waals surface area contributed by atoms with Crippen LogP contribution in [0.1, 0.15) is 63.7 Å². The van der Waals surface area contributed by atoms with E-state index in [-0.39, 0.29) is 11.4 Å². The van der Waals surface area contributed by atoms with E-state index >= 15 is 0 Å². The lowest BCUT2D eigenvalue weighted by Gasteiger charge is -2.48. The van der Waals surface area contributed by atoms with Crippen molar-refractivity contribution in [2.24, 2.45) is 0 Å². The zero-order chi connectivity index (χ0) is 20.8. The molecule has 1 aliphatic carbocycles. The molecule has 1 amide bonds. The van der Waals surface area contributed by atoms with Gasteiger partial charge in [-0.15, -0.1) is 0 Å². The second-order valence-electron chi connectivity index (χ2n) is 8.63. The Balaban J connectivity index is 1.29. The minimum absolute atomic E-state index is 0.0585. The zero-order valence-electron chi connectivity index (χ0n) is 17.5. The molecule has 1 saturated heterocycles. The molecule has 1 aromatic carbocycles. The smallest absolute Gasteiger partial charge is 0.227 e. The predicted octanol–water partition coefficient (Wildman–Crippen LogP) is 4.63. The summed E-state index contributed by atoms with van der Waals surface area (Å²) in [5, 5.41) is 7.90. The molecule has 4 rings (SSSR count). The third-order valence-electron chi connectivity index (χ3n) is 6.56. The van der Waals surface area contributed by atoms with Crippen LogP contribution in [-0.2, 0) is 11.2 Å². The predicted molar refractivity (Wildman–Crippen MR) is 117 cm³/mol. The van der Waals surface area contributed by atoms with Gasteiger partial charge in [0.05, 0.1) is 0 Å². The van der Waals surface area contributed by atoms with Gasteiger partial charge < -0.3 is 9.84 Å². The number of carbonyl (C=O) groups excluding carboxylic acids is 1. The third-order valence-corrected chi connectivity index (χ3v) is 6.81. The number of aryl methyl sites for hydroxylation is 1. The van der Waals surface area contributed by atoms with E-state index in [0.717, 1.165) is 12.1 Å². The van der Waals surface area contributed by atoms with Gasteiger partial charge in [-0.2, -0.15) is 4.98 Å². The van der Waals surface area contributed by atoms with Gasteiger partial charge in [-0.25, -0.2) is 0 Å². The van der Waals surface area contributed by atoms with Gasteiger partial charge in [0.25, 0.3) is 0 Å². The molecule has 1 aliphatic heterocycles. The lowest BCUT2D eigenvalue weighted by atomic mass is 9.79. The fourth-order valence-corrected chi connectivity index (χ4v) is 4.95. The van der Waals surface area contributed by atoms with Crippen LogP contribution < -0.4 is 5.32 Å². The number of rotatable bonds is 7. The number of amides is 1. The van der Waals surface area contributed by atoms with Gasteiger partial charge in [0, 0.05) is 35.5 Å². The summed E-state index contributed by atoms with van der Waals surface area (Å²) < 4.78 is 5.33. The van der Waals surface area contributed by atoms with Gasteiger partial charge in [0.2, 0.25) is 17.6 Å². The number of nitrogens with zero attached hydrogens (tertiary/aromatic N) is 3. The van der Waals surface area contributed by atoms with Crippen molar-refractivity contribution in [2.75, 3.05) is 19.6 Å². The van der Waals surface area contributed by atoms with Gasteiger partial charge >= 0.3 is 0 Å². The molecule has 1 saturated carbocycles. The minimum atomic E-state index is 0.0585. The Morgan fingerprint density at radius 2 is 1.77 bits per heavy atom. The van der Waals surface area contributed by atoms with Crippen molar-refractivity contribution >= 4 is 17.5 Å². The van der Waals surface area contributed by atoms with Crippen molar-refractivity contribution in [3.63, 3.8) is 0 Å². The first-order valence-electron chi connectivity index (χ1n) is 11.2. The molecule has 1 aromatic heterocycles. The van der Waals surface area contributed by atoms with Crippen molar-refractivity contribution in [1.82, 2.24) is 20.4 Å². The van der Waals surface area contributed by atoms with E-state index in [0.29, 0.717) is 29.6 Å². The Hall–Kier alpha value is -1.92. The maximum Gasteiger partial charge on any atom is 0.227 e. The number of aromatic nitrogens is 2. The fourth-order valence-electron chi connectivity index (χ4n) is 4.83. The maximum absolute atomic E-state index is 12.6. The first-order valence-corrected chi connectivity index (χ1v) is 11.6. The lowest BCUT2D eigenvalue weighted by molar-refractivity contribution is -0.122. The molecule has 7 heteroatoms. The Labute approximate surface area is 183 Å². The molecule has 0 radical (unpaired) electrons. The van der Waals surface area contributed by atoms with Crippen LogP contribution in [0.4, 0.5) is 0 Å². The van der Waals surface area contributed by atoms with Gasteiger partial charge in [0.1, 0.15) is 0 Å². The Bertz CT molecular complexity index is 824. The number of hydrogen-bond donors (Lipinski definition) is 1. The fraction of sp³-hybridized carbons (Fsp3) is 0.609. The van der Waals surface area contributed by atoms with Crippen LogP contribution in [0.15, 0.2) is 28.8 Å². The van der Waals surface area contributed by atoms with Gasteiger partial charge in [-0.3, -0.25) is 9.69 Å². The van der Waals surface area contributed by atoms with Crippen LogP contribution in [-0.4, -0.2) is 46.1 Å². The third kappa shape index (κ3) is 5.22. The molecule has 0 spiro atoms. The molecule has 162 valence electrons. The highest BCUT2D eigenvalue weighted by molar-refractivity contribution is 6.30. The van der Waals surface area contributed by atoms with Crippen molar-refractivity contribution in [2.45, 2.75) is 69.7 Å². The van der Waals surface area contributed by atoms with Crippen LogP contribution >= 0.6 is 11.6 Å². The summed E-state index contributed by atoms with van der Waals surface area (Å²) in [6.45, 7) is 3.10. The molecule has 0 unspecified atom stereocenters. The summed E-state index contributed by atoms with van der Waals surface area (Å²) in [5.41, 5.74) is 1.00. The molecular formula is C23H31ClN4O2. The molecule has 2 fully saturated rings. The Morgan fingerprint density at radius 1 is 1.07 bits per heavy atom. The normalized spacial score (nSPS) is 19.5. The number of hydrogen-bond acceptors (Lipinski definition) is 5. The quantitative estimate of drug-likeness (QED) is 0.693. The topological polar surface area (TPSA) is 71.3 Å². The summed E-state index contributed by atoms with van der Waals surface area (Å²) >= 11 is 5.92. The second kappa shape index (κ2) is 9.92. The van der Waals surface area contributed by atoms with Crippen LogP contribution in [0, 0.1) is 0 Å². The first-order chi connectivity index (χ1) is 14.6. The second-order valence-corrected chi connectivity index (χ2v) is 9.06. The van der Waals surface area contributed by atoms with Crippen molar-refractivity contribution in [3.05, 3.63) is 35.2 Å². The lowest BCUT2D eigenvalue weighted by Crippen LogP contribution is -2.58. The van der Waals surface area contributed by atoms with Crippen molar-refractivity contribution < 1.29 is 9.32 Å². The van der Waals surface area contributed by atoms with E-state index in [1.165, 1.54) is 64.5 Å². The molecule has 1 N–H and O–H groups in total. The molecule has 2 aromatic rings. The first kappa shape index (κ1) is 21.3. The van der Waals surface area contributed by atoms with Crippen LogP contribution in [0.25, 0.3) is 11.4 Å². The van der Waals surface area contributed by atoms with Crippen molar-refractivity contribution in [3.8, 4) is 11.4 Å². The largest absolute Gasteiger partial charge is 0.354 e. The van der Waals surface area contributed by atoms with Crippen molar-refractivity contribution in [1.29, 1.82) is 0 Å². The van der Waals surface area contributed by atoms with Crippen LogP contribution in [0.3, 0.4) is 0 Å². The number of halogens is 1. The minimum Gasteiger partial charge on any atom is -0.354 e. The maximum atomic E-state index is 12.6. The molecule has 0 atom stereocenters. The summed E-state index contributed by atoms with van der Waals surface area (Å²) in [6, 6.07) is 7.30. The number of piperidine rings is 1. The molecule has 2 heterocycles. The molecule has 6 nitrogen and oxygen atoms in total. The monoisotopic (exact) mass is 430 g/mol. The van der Waals surface area contributed by atoms with E-state index in [1.807, 2.05) is 12.1 Å². The summed E-state index contributed by atoms with van der Waals surface area (Å²) in [4.78, 5) is 19.6. The zero-order valence-corrected chi connectivity index (χ0v) is 18.3. The Kier molecular flexibility index (Phi) is 7.05. The number of nitrogens with one attached hydrogen (secondary N) is 1. The molecule has 2 aliphatic rings. The standard InChI is InChI=1S/C23H31ClN4O2/c24-19-9-7-18(8-10-19)22-26-21(30-27-22)12-11-20(29)25-17-23(13-3-1-4-14-23)28-15-5-2-6-16-28/h7-10H,1-6,11-17H2,(H,25,29). The Morgan fingerprint density at radius 3 is 2.50 bits per heavy atom. The van der Waals surface area contributed by atoms with Gasteiger partial charge in [0.15, 0.2) is 0 Å². The number of carbonyl (C=O) groups is 1. The SMILES string of the molecule is O=C(CCc1nc(-c2ccc(Cl)cc2)no1)NCC1(N2CCCCC2)CCCCC1. The van der Waals surface area contributed by atoms with E-state index < -0.39 is 0 Å². The van der Waals surface area contributed by atoms with E-state index in [2.05, 4.69) is 20.4 Å². The summed E-state index contributed by atoms with van der Waals surface area (Å²) in [7, 11) is 0. The van der Waals surface area contributed by atoms with Gasteiger partial charge in [-0.1, -0.05) is 42.4 Å². The van der Waals surface area contributed by atoms with Gasteiger partial charge in [-0.05, 0) is 63.0 Å². The molecular weight excluding hydrogens is 400 g/mol. The number of benzene rings is 1. The number of likely N-dealkylation sites (tertiary alicyclic amines) is 1. The molecule has 0 bridgehead atoms. The summed E-state index contributed by atoms with van der Waals surface area (Å²) in [5.74, 6) is 1.06. The van der Waals surface area contributed by atoms with Crippen LogP contribution in [0.2, 0.25) is 5.02 Å². The van der Waals surface area contributed by atoms with E-state index in [1.54, 1.807) is 12.1 Å².